The first kappa shape index (κ1) is 21.5. The van der Waals surface area contributed by atoms with Gasteiger partial charge in [0.2, 0.25) is 0 Å². The van der Waals surface area contributed by atoms with Crippen molar-refractivity contribution >= 4 is 40.7 Å². The second kappa shape index (κ2) is 8.94. The highest BCUT2D eigenvalue weighted by Crippen LogP contribution is 2.32. The molecule has 0 fully saturated rings. The van der Waals surface area contributed by atoms with Gasteiger partial charge in [0.1, 0.15) is 5.82 Å². The van der Waals surface area contributed by atoms with Gasteiger partial charge < -0.3 is 9.47 Å². The molecule has 2 heterocycles. The maximum Gasteiger partial charge on any atom is 0.153 e. The van der Waals surface area contributed by atoms with Crippen LogP contribution in [-0.4, -0.2) is 22.0 Å². The van der Waals surface area contributed by atoms with Crippen LogP contribution in [-0.2, 0) is 13.1 Å². The van der Waals surface area contributed by atoms with Gasteiger partial charge in [-0.05, 0) is 56.5 Å². The Labute approximate surface area is 171 Å². The highest BCUT2D eigenvalue weighted by molar-refractivity contribution is 6.20. The summed E-state index contributed by atoms with van der Waals surface area (Å²) in [5.41, 5.74) is 4.72. The molecule has 27 heavy (non-hydrogen) atoms. The number of hydrogen-bond donors (Lipinski definition) is 0. The van der Waals surface area contributed by atoms with E-state index in [1.54, 1.807) is 0 Å². The van der Waals surface area contributed by atoms with E-state index in [4.69, 9.17) is 11.6 Å². The van der Waals surface area contributed by atoms with Crippen molar-refractivity contribution in [3.8, 4) is 0 Å². The van der Waals surface area contributed by atoms with Crippen molar-refractivity contribution in [2.45, 2.75) is 45.7 Å². The lowest BCUT2D eigenvalue weighted by atomic mass is 10.2. The molecule has 1 aromatic carbocycles. The van der Waals surface area contributed by atoms with Crippen molar-refractivity contribution in [2.75, 3.05) is 11.9 Å². The van der Waals surface area contributed by atoms with Crippen LogP contribution < -0.4 is 4.90 Å². The molecular weight excluding hydrogens is 384 g/mol. The fourth-order valence-corrected chi connectivity index (χ4v) is 3.48. The van der Waals surface area contributed by atoms with Crippen LogP contribution in [0.1, 0.15) is 30.2 Å². The van der Waals surface area contributed by atoms with E-state index in [1.165, 1.54) is 28.8 Å². The minimum absolute atomic E-state index is 0. The van der Waals surface area contributed by atoms with Gasteiger partial charge in [-0.1, -0.05) is 12.1 Å². The summed E-state index contributed by atoms with van der Waals surface area (Å²) in [5.74, 6) is 0.720. The molecule has 3 nitrogen and oxygen atoms in total. The summed E-state index contributed by atoms with van der Waals surface area (Å²) in [6.07, 6.45) is 2.77. The monoisotopic (exact) mass is 409 g/mol. The summed E-state index contributed by atoms with van der Waals surface area (Å²) in [4.78, 5) is 6.78. The third-order valence-corrected chi connectivity index (χ3v) is 5.19. The number of benzene rings is 1. The zero-order valence-corrected chi connectivity index (χ0v) is 17.7. The Morgan fingerprint density at radius 2 is 1.85 bits per heavy atom. The highest BCUT2D eigenvalue weighted by Gasteiger charge is 2.18. The zero-order valence-electron chi connectivity index (χ0n) is 16.2. The summed E-state index contributed by atoms with van der Waals surface area (Å²) in [7, 11) is 2.03. The molecule has 0 amide bonds. The van der Waals surface area contributed by atoms with E-state index in [-0.39, 0.29) is 23.6 Å². The van der Waals surface area contributed by atoms with Crippen LogP contribution >= 0.6 is 24.0 Å². The van der Waals surface area contributed by atoms with Crippen LogP contribution in [0, 0.1) is 19.7 Å². The Hall–Kier alpha value is -1.78. The van der Waals surface area contributed by atoms with Crippen molar-refractivity contribution in [3.05, 3.63) is 59.2 Å². The Morgan fingerprint density at radius 3 is 2.48 bits per heavy atom. The third-order valence-electron chi connectivity index (χ3n) is 4.97. The number of fused-ring (bicyclic) bond motifs is 1. The van der Waals surface area contributed by atoms with Gasteiger partial charge in [-0.3, -0.25) is 0 Å². The number of aromatic nitrogens is 2. The van der Waals surface area contributed by atoms with Crippen molar-refractivity contribution in [2.24, 2.45) is 0 Å². The number of alkyl halides is 1. The maximum absolute atomic E-state index is 13.2. The predicted octanol–water partition coefficient (Wildman–Crippen LogP) is 5.87. The van der Waals surface area contributed by atoms with Crippen molar-refractivity contribution < 1.29 is 4.39 Å². The average Bonchev–Trinajstić information content (AvgIpc) is 2.86. The van der Waals surface area contributed by atoms with E-state index in [2.05, 4.69) is 34.4 Å². The Bertz CT molecular complexity index is 904. The SMILES string of the molecule is Cc1c(C)n(CCC(C)Cl)c2c(N(C)Cc3ccc(F)cc3)nccc12.Cl. The maximum atomic E-state index is 13.2. The van der Waals surface area contributed by atoms with Crippen LogP contribution in [0.15, 0.2) is 36.5 Å². The minimum atomic E-state index is -0.216. The standard InChI is InChI=1S/C21H25ClFN3.ClH/c1-14(22)10-12-26-16(3)15(2)19-9-11-24-21(20(19)26)25(4)13-17-5-7-18(23)8-6-17;/h5-9,11,14H,10,12-13H2,1-4H3;1H. The molecule has 1 atom stereocenters. The number of aryl methyl sites for hydroxylation is 2. The van der Waals surface area contributed by atoms with E-state index in [0.717, 1.165) is 29.9 Å². The summed E-state index contributed by atoms with van der Waals surface area (Å²) < 4.78 is 15.5. The molecular formula is C21H26Cl2FN3. The first-order valence-electron chi connectivity index (χ1n) is 8.92. The lowest BCUT2D eigenvalue weighted by Crippen LogP contribution is -2.19. The number of anilines is 1. The van der Waals surface area contributed by atoms with E-state index < -0.39 is 0 Å². The van der Waals surface area contributed by atoms with Gasteiger partial charge in [0.05, 0.1) is 5.52 Å². The lowest BCUT2D eigenvalue weighted by molar-refractivity contribution is 0.626. The first-order valence-corrected chi connectivity index (χ1v) is 9.36. The number of nitrogens with zero attached hydrogens (tertiary/aromatic N) is 3. The molecule has 146 valence electrons. The van der Waals surface area contributed by atoms with E-state index >= 15 is 0 Å². The predicted molar refractivity (Wildman–Crippen MR) is 115 cm³/mol. The largest absolute Gasteiger partial charge is 0.354 e. The smallest absolute Gasteiger partial charge is 0.153 e. The van der Waals surface area contributed by atoms with E-state index in [9.17, 15) is 4.39 Å². The van der Waals surface area contributed by atoms with Gasteiger partial charge >= 0.3 is 0 Å². The van der Waals surface area contributed by atoms with Crippen molar-refractivity contribution in [1.29, 1.82) is 0 Å². The number of halogens is 3. The lowest BCUT2D eigenvalue weighted by Gasteiger charge is -2.21. The molecule has 0 N–H and O–H groups in total. The van der Waals surface area contributed by atoms with Crippen LogP contribution in [0.25, 0.3) is 10.9 Å². The van der Waals surface area contributed by atoms with Gasteiger partial charge in [-0.15, -0.1) is 24.0 Å². The highest BCUT2D eigenvalue weighted by atomic mass is 35.5. The molecule has 0 aliphatic rings. The molecule has 0 bridgehead atoms. The van der Waals surface area contributed by atoms with Crippen LogP contribution in [0.5, 0.6) is 0 Å². The van der Waals surface area contributed by atoms with Gasteiger partial charge in [-0.2, -0.15) is 0 Å². The fourth-order valence-electron chi connectivity index (χ4n) is 3.38. The Morgan fingerprint density at radius 1 is 1.19 bits per heavy atom. The van der Waals surface area contributed by atoms with Gasteiger partial charge in [0.15, 0.2) is 5.82 Å². The second-order valence-electron chi connectivity index (χ2n) is 6.94. The molecule has 0 aliphatic carbocycles. The fraction of sp³-hybridized carbons (Fsp3) is 0.381. The average molecular weight is 410 g/mol. The molecule has 3 aromatic rings. The second-order valence-corrected chi connectivity index (χ2v) is 7.69. The zero-order chi connectivity index (χ0) is 18.8. The van der Waals surface area contributed by atoms with Crippen molar-refractivity contribution in [3.63, 3.8) is 0 Å². The van der Waals surface area contributed by atoms with Crippen LogP contribution in [0.4, 0.5) is 10.2 Å². The summed E-state index contributed by atoms with van der Waals surface area (Å²) in [6.45, 7) is 7.86. The Kier molecular flexibility index (Phi) is 7.12. The number of pyridine rings is 1. The molecule has 1 unspecified atom stereocenters. The summed E-state index contributed by atoms with van der Waals surface area (Å²) in [6, 6.07) is 8.70. The molecule has 0 aliphatic heterocycles. The number of hydrogen-bond acceptors (Lipinski definition) is 2. The summed E-state index contributed by atoms with van der Waals surface area (Å²) >= 11 is 6.19. The first-order chi connectivity index (χ1) is 12.4. The summed E-state index contributed by atoms with van der Waals surface area (Å²) in [5, 5.41) is 1.35. The van der Waals surface area contributed by atoms with Crippen molar-refractivity contribution in [1.82, 2.24) is 9.55 Å². The molecule has 0 saturated heterocycles. The molecule has 2 aromatic heterocycles. The number of rotatable bonds is 6. The molecule has 0 spiro atoms. The van der Waals surface area contributed by atoms with Crippen LogP contribution in [0.2, 0.25) is 0 Å². The minimum Gasteiger partial charge on any atom is -0.354 e. The van der Waals surface area contributed by atoms with Gasteiger partial charge in [0, 0.05) is 42.8 Å². The molecule has 0 saturated carbocycles. The van der Waals surface area contributed by atoms with Gasteiger partial charge in [-0.25, -0.2) is 9.37 Å². The molecule has 3 rings (SSSR count). The topological polar surface area (TPSA) is 21.1 Å². The Balaban J connectivity index is 0.00000261. The van der Waals surface area contributed by atoms with E-state index in [1.807, 2.05) is 32.3 Å². The molecule has 0 radical (unpaired) electrons. The molecule has 6 heteroatoms. The van der Waals surface area contributed by atoms with Crippen LogP contribution in [0.3, 0.4) is 0 Å². The van der Waals surface area contributed by atoms with Gasteiger partial charge in [0.25, 0.3) is 0 Å². The quantitative estimate of drug-likeness (QED) is 0.474. The normalized spacial score (nSPS) is 12.1. The third kappa shape index (κ3) is 4.56. The van der Waals surface area contributed by atoms with E-state index in [0.29, 0.717) is 6.54 Å².